The summed E-state index contributed by atoms with van der Waals surface area (Å²) in [5, 5.41) is 0.674. The topological polar surface area (TPSA) is 20.3 Å². The summed E-state index contributed by atoms with van der Waals surface area (Å²) in [7, 11) is 0. The minimum Gasteiger partial charge on any atom is -0.293 e. The second kappa shape index (κ2) is 5.65. The van der Waals surface area contributed by atoms with Gasteiger partial charge >= 0.3 is 0 Å². The lowest BCUT2D eigenvalue weighted by atomic mass is 10.0. The van der Waals surface area contributed by atoms with Gasteiger partial charge in [0.25, 0.3) is 0 Å². The zero-order valence-corrected chi connectivity index (χ0v) is 10.9. The lowest BCUT2D eigenvalue weighted by Gasteiger charge is -2.32. The van der Waals surface area contributed by atoms with Crippen LogP contribution in [0.15, 0.2) is 24.3 Å². The second-order valence-electron chi connectivity index (χ2n) is 4.75. The van der Waals surface area contributed by atoms with E-state index in [0.29, 0.717) is 17.6 Å². The molecule has 1 fully saturated rings. The maximum Gasteiger partial charge on any atom is 0.176 e. The van der Waals surface area contributed by atoms with Crippen LogP contribution in [0.1, 0.15) is 36.5 Å². The summed E-state index contributed by atoms with van der Waals surface area (Å²) in [5.74, 6) is 0.190. The van der Waals surface area contributed by atoms with Crippen molar-refractivity contribution in [3.63, 3.8) is 0 Å². The maximum absolute atomic E-state index is 12.1. The van der Waals surface area contributed by atoms with E-state index in [1.165, 1.54) is 19.3 Å². The van der Waals surface area contributed by atoms with Crippen LogP contribution in [0, 0.1) is 0 Å². The normalized spacial score (nSPS) is 21.4. The highest BCUT2D eigenvalue weighted by molar-refractivity contribution is 6.30. The molecule has 0 N–H and O–H groups in total. The number of nitrogens with zero attached hydrogens (tertiary/aromatic N) is 1. The molecule has 0 spiro atoms. The molecule has 0 saturated carbocycles. The number of ketones is 1. The van der Waals surface area contributed by atoms with Crippen molar-refractivity contribution in [3.8, 4) is 0 Å². The zero-order chi connectivity index (χ0) is 12.3. The first-order chi connectivity index (χ1) is 8.16. The summed E-state index contributed by atoms with van der Waals surface area (Å²) >= 11 is 5.81. The number of rotatable bonds is 3. The highest BCUT2D eigenvalue weighted by atomic mass is 35.5. The summed E-state index contributed by atoms with van der Waals surface area (Å²) in [5.41, 5.74) is 0.757. The van der Waals surface area contributed by atoms with Gasteiger partial charge in [0, 0.05) is 16.6 Å². The Morgan fingerprint density at radius 3 is 2.71 bits per heavy atom. The van der Waals surface area contributed by atoms with Crippen molar-refractivity contribution in [1.82, 2.24) is 4.90 Å². The highest BCUT2D eigenvalue weighted by Gasteiger charge is 2.20. The standard InChI is InChI=1S/C14H18ClNO/c1-11-4-2-3-9-16(11)10-14(17)12-5-7-13(15)8-6-12/h5-8,11H,2-4,9-10H2,1H3. The van der Waals surface area contributed by atoms with Crippen molar-refractivity contribution < 1.29 is 4.79 Å². The third-order valence-corrected chi connectivity index (χ3v) is 3.71. The molecular weight excluding hydrogens is 234 g/mol. The van der Waals surface area contributed by atoms with Crippen molar-refractivity contribution in [2.24, 2.45) is 0 Å². The van der Waals surface area contributed by atoms with Crippen LogP contribution in [-0.4, -0.2) is 29.8 Å². The van der Waals surface area contributed by atoms with Crippen LogP contribution in [0.25, 0.3) is 0 Å². The Hall–Kier alpha value is -0.860. The summed E-state index contributed by atoms with van der Waals surface area (Å²) in [6, 6.07) is 7.68. The van der Waals surface area contributed by atoms with E-state index in [0.717, 1.165) is 12.1 Å². The third-order valence-electron chi connectivity index (χ3n) is 3.45. The van der Waals surface area contributed by atoms with Crippen LogP contribution in [-0.2, 0) is 0 Å². The first kappa shape index (κ1) is 12.6. The van der Waals surface area contributed by atoms with Gasteiger partial charge in [0.15, 0.2) is 5.78 Å². The van der Waals surface area contributed by atoms with Crippen LogP contribution in [0.2, 0.25) is 5.02 Å². The van der Waals surface area contributed by atoms with Gasteiger partial charge in [-0.15, -0.1) is 0 Å². The third kappa shape index (κ3) is 3.30. The van der Waals surface area contributed by atoms with E-state index < -0.39 is 0 Å². The minimum absolute atomic E-state index is 0.190. The van der Waals surface area contributed by atoms with Crippen LogP contribution >= 0.6 is 11.6 Å². The monoisotopic (exact) mass is 251 g/mol. The smallest absolute Gasteiger partial charge is 0.176 e. The first-order valence-corrected chi connectivity index (χ1v) is 6.57. The molecule has 1 saturated heterocycles. The van der Waals surface area contributed by atoms with Crippen LogP contribution in [0.4, 0.5) is 0 Å². The fourth-order valence-electron chi connectivity index (χ4n) is 2.30. The van der Waals surface area contributed by atoms with Crippen LogP contribution in [0.5, 0.6) is 0 Å². The molecule has 2 rings (SSSR count). The molecular formula is C14H18ClNO. The number of hydrogen-bond donors (Lipinski definition) is 0. The SMILES string of the molecule is CC1CCCCN1CC(=O)c1ccc(Cl)cc1. The fourth-order valence-corrected chi connectivity index (χ4v) is 2.43. The second-order valence-corrected chi connectivity index (χ2v) is 5.18. The van der Waals surface area contributed by atoms with E-state index in [-0.39, 0.29) is 5.78 Å². The average Bonchev–Trinajstić information content (AvgIpc) is 2.33. The van der Waals surface area contributed by atoms with E-state index in [2.05, 4.69) is 11.8 Å². The number of hydrogen-bond acceptors (Lipinski definition) is 2. The average molecular weight is 252 g/mol. The Bertz CT molecular complexity index is 388. The number of likely N-dealkylation sites (tertiary alicyclic amines) is 1. The lowest BCUT2D eigenvalue weighted by molar-refractivity contribution is 0.0860. The van der Waals surface area contributed by atoms with Crippen molar-refractivity contribution >= 4 is 17.4 Å². The number of halogens is 1. The predicted octanol–water partition coefficient (Wildman–Crippen LogP) is 3.40. The summed E-state index contributed by atoms with van der Waals surface area (Å²) < 4.78 is 0. The zero-order valence-electron chi connectivity index (χ0n) is 10.2. The van der Waals surface area contributed by atoms with Crippen molar-refractivity contribution in [3.05, 3.63) is 34.9 Å². The van der Waals surface area contributed by atoms with Crippen LogP contribution < -0.4 is 0 Å². The lowest BCUT2D eigenvalue weighted by Crippen LogP contribution is -2.40. The van der Waals surface area contributed by atoms with Gasteiger partial charge in [-0.05, 0) is 50.6 Å². The molecule has 0 bridgehead atoms. The summed E-state index contributed by atoms with van der Waals surface area (Å²) in [6.45, 7) is 3.78. The van der Waals surface area contributed by atoms with Crippen molar-refractivity contribution in [2.75, 3.05) is 13.1 Å². The molecule has 1 aliphatic rings. The Morgan fingerprint density at radius 1 is 1.35 bits per heavy atom. The molecule has 1 heterocycles. The van der Waals surface area contributed by atoms with Gasteiger partial charge in [-0.25, -0.2) is 0 Å². The van der Waals surface area contributed by atoms with Gasteiger partial charge in [-0.1, -0.05) is 18.0 Å². The van der Waals surface area contributed by atoms with Gasteiger partial charge < -0.3 is 0 Å². The van der Waals surface area contributed by atoms with Crippen LogP contribution in [0.3, 0.4) is 0 Å². The number of benzene rings is 1. The molecule has 0 radical (unpaired) electrons. The molecule has 0 aromatic heterocycles. The Morgan fingerprint density at radius 2 is 2.06 bits per heavy atom. The van der Waals surface area contributed by atoms with Gasteiger partial charge in [0.2, 0.25) is 0 Å². The maximum atomic E-state index is 12.1. The molecule has 0 aliphatic carbocycles. The number of Topliss-reactive ketones (excluding diaryl/α,β-unsaturated/α-hetero) is 1. The quantitative estimate of drug-likeness (QED) is 0.768. The van der Waals surface area contributed by atoms with Gasteiger partial charge in [0.05, 0.1) is 6.54 Å². The van der Waals surface area contributed by atoms with Gasteiger partial charge in [0.1, 0.15) is 0 Å². The molecule has 17 heavy (non-hydrogen) atoms. The fraction of sp³-hybridized carbons (Fsp3) is 0.500. The van der Waals surface area contributed by atoms with E-state index in [1.807, 2.05) is 0 Å². The number of carbonyl (C=O) groups excluding carboxylic acids is 1. The molecule has 1 aliphatic heterocycles. The van der Waals surface area contributed by atoms with Crippen molar-refractivity contribution in [1.29, 1.82) is 0 Å². The molecule has 1 unspecified atom stereocenters. The van der Waals surface area contributed by atoms with E-state index >= 15 is 0 Å². The molecule has 2 nitrogen and oxygen atoms in total. The molecule has 1 atom stereocenters. The molecule has 3 heteroatoms. The Labute approximate surface area is 108 Å². The Balaban J connectivity index is 1.98. The molecule has 92 valence electrons. The van der Waals surface area contributed by atoms with Gasteiger partial charge in [-0.3, -0.25) is 9.69 Å². The van der Waals surface area contributed by atoms with E-state index in [4.69, 9.17) is 11.6 Å². The molecule has 1 aromatic rings. The number of carbonyl (C=O) groups is 1. The molecule has 0 amide bonds. The predicted molar refractivity (Wildman–Crippen MR) is 70.7 cm³/mol. The Kier molecular flexibility index (Phi) is 4.19. The largest absolute Gasteiger partial charge is 0.293 e. The van der Waals surface area contributed by atoms with E-state index in [1.54, 1.807) is 24.3 Å². The van der Waals surface area contributed by atoms with Gasteiger partial charge in [-0.2, -0.15) is 0 Å². The minimum atomic E-state index is 0.190. The molecule has 1 aromatic carbocycles. The summed E-state index contributed by atoms with van der Waals surface area (Å²) in [6.07, 6.45) is 3.69. The summed E-state index contributed by atoms with van der Waals surface area (Å²) in [4.78, 5) is 14.4. The van der Waals surface area contributed by atoms with Crippen molar-refractivity contribution in [2.45, 2.75) is 32.2 Å². The number of piperidine rings is 1. The van der Waals surface area contributed by atoms with E-state index in [9.17, 15) is 4.79 Å². The first-order valence-electron chi connectivity index (χ1n) is 6.19. The highest BCUT2D eigenvalue weighted by Crippen LogP contribution is 2.17.